The van der Waals surface area contributed by atoms with Gasteiger partial charge in [-0.3, -0.25) is 24.1 Å². The van der Waals surface area contributed by atoms with Gasteiger partial charge in [0.05, 0.1) is 41.8 Å². The first-order chi connectivity index (χ1) is 32.7. The maximum atomic E-state index is 14.9. The van der Waals surface area contributed by atoms with Crippen LogP contribution in [0.2, 0.25) is 0 Å². The second-order valence-electron chi connectivity index (χ2n) is 18.6. The lowest BCUT2D eigenvalue weighted by molar-refractivity contribution is -0.160. The van der Waals surface area contributed by atoms with Crippen molar-refractivity contribution in [2.24, 2.45) is 23.7 Å². The van der Waals surface area contributed by atoms with Crippen LogP contribution in [0, 0.1) is 30.6 Å². The van der Waals surface area contributed by atoms with E-state index in [0.717, 1.165) is 19.6 Å². The normalized spacial score (nSPS) is 29.2. The number of carbonyl (C=O) groups is 2. The Morgan fingerprint density at radius 1 is 0.957 bits per heavy atom. The van der Waals surface area contributed by atoms with Crippen LogP contribution in [-0.2, 0) is 28.5 Å². The van der Waals surface area contributed by atoms with Crippen LogP contribution in [0.5, 0.6) is 11.5 Å². The first kappa shape index (κ1) is 50.8. The van der Waals surface area contributed by atoms with Gasteiger partial charge in [-0.05, 0) is 26.8 Å². The molecular weight excluding hydrogens is 893 g/mol. The molecule has 3 aliphatic rings. The zero-order chi connectivity index (χ0) is 50.2. The molecule has 0 saturated carbocycles. The number of carbonyl (C=O) groups excluding carboxylic acids is 2. The number of anilines is 2. The Balaban J connectivity index is 1.44. The largest absolute Gasteiger partial charge is 0.507 e. The summed E-state index contributed by atoms with van der Waals surface area (Å²) >= 11 is 0. The maximum Gasteiger partial charge on any atom is 0.307 e. The van der Waals surface area contributed by atoms with Gasteiger partial charge >= 0.3 is 11.8 Å². The Kier molecular flexibility index (Phi) is 15.1. The van der Waals surface area contributed by atoms with E-state index in [2.05, 4.69) is 15.1 Å². The van der Waals surface area contributed by atoms with Crippen LogP contribution < -0.4 is 31.0 Å². The van der Waals surface area contributed by atoms with Crippen LogP contribution in [0.25, 0.3) is 38.7 Å². The zero-order valence-electron chi connectivity index (χ0n) is 40.8. The summed E-state index contributed by atoms with van der Waals surface area (Å²) in [6.45, 7) is 19.3. The zero-order valence-corrected chi connectivity index (χ0v) is 40.8. The van der Waals surface area contributed by atoms with Crippen LogP contribution >= 0.6 is 0 Å². The number of benzene rings is 3. The summed E-state index contributed by atoms with van der Waals surface area (Å²) < 4.78 is 36.1. The van der Waals surface area contributed by atoms with Crippen molar-refractivity contribution >= 4 is 62.0 Å². The van der Waals surface area contributed by atoms with E-state index in [1.165, 1.54) is 59.3 Å². The molecule has 3 aliphatic heterocycles. The molecule has 1 fully saturated rings. The lowest BCUT2D eigenvalue weighted by Gasteiger charge is -2.38. The monoisotopic (exact) mass is 956 g/mol. The molecule has 0 aliphatic carbocycles. The van der Waals surface area contributed by atoms with Crippen molar-refractivity contribution in [2.45, 2.75) is 92.5 Å². The smallest absolute Gasteiger partial charge is 0.307 e. The second kappa shape index (κ2) is 20.5. The molecular formula is C51H64N4O14. The molecule has 0 radical (unpaired) electrons. The number of allylic oxidation sites excluding steroid dienone is 2. The molecule has 5 bridgehead atoms. The van der Waals surface area contributed by atoms with E-state index in [4.69, 9.17) is 33.1 Å². The van der Waals surface area contributed by atoms with Crippen molar-refractivity contribution < 1.29 is 58.1 Å². The van der Waals surface area contributed by atoms with E-state index in [9.17, 15) is 39.6 Å². The minimum Gasteiger partial charge on any atom is -0.507 e. The molecule has 1 amide bonds. The van der Waals surface area contributed by atoms with Crippen molar-refractivity contribution in [3.63, 3.8) is 0 Å². The number of hydrogen-bond acceptors (Lipinski definition) is 17. The number of fused-ring (bicyclic) bond motifs is 5. The van der Waals surface area contributed by atoms with Crippen molar-refractivity contribution in [3.05, 3.63) is 79.5 Å². The number of aromatic hydroxyl groups is 1. The van der Waals surface area contributed by atoms with Crippen molar-refractivity contribution in [2.75, 3.05) is 63.3 Å². The average Bonchev–Trinajstić information content (AvgIpc) is 3.59. The number of hydrogen-bond donors (Lipinski definition) is 5. The number of amides is 1. The highest BCUT2D eigenvalue weighted by Gasteiger charge is 2.44. The molecule has 18 nitrogen and oxygen atoms in total. The van der Waals surface area contributed by atoms with E-state index in [-0.39, 0.29) is 60.8 Å². The van der Waals surface area contributed by atoms with Gasteiger partial charge in [0, 0.05) is 118 Å². The Labute approximate surface area is 399 Å². The van der Waals surface area contributed by atoms with Crippen molar-refractivity contribution in [1.82, 2.24) is 9.88 Å². The lowest BCUT2D eigenvalue weighted by Crippen LogP contribution is -2.47. The Bertz CT molecular complexity index is 2910. The summed E-state index contributed by atoms with van der Waals surface area (Å²) in [5.74, 6) is -6.97. The molecule has 0 spiro atoms. The first-order valence-corrected chi connectivity index (χ1v) is 23.4. The molecule has 1 saturated heterocycles. The number of methoxy groups -OCH3 is 1. The molecule has 5 N–H and O–H groups in total. The number of nitrogens with one attached hydrogen (secondary N) is 1. The summed E-state index contributed by atoms with van der Waals surface area (Å²) in [4.78, 5) is 64.6. The highest BCUT2D eigenvalue weighted by molar-refractivity contribution is 6.16. The van der Waals surface area contributed by atoms with Gasteiger partial charge in [-0.15, -0.1) is 0 Å². The van der Waals surface area contributed by atoms with E-state index >= 15 is 0 Å². The van der Waals surface area contributed by atoms with Crippen LogP contribution in [-0.4, -0.2) is 125 Å². The Morgan fingerprint density at radius 3 is 2.33 bits per heavy atom. The standard InChI is InChI=1S/C51H64N4O14/c1-11-65-22-20-54-16-18-55(19-17-54)32-23-33(57)39-35(24-32)68-48-40(52-39)36-37-44(60)30(7)47-38(36)49(62)51(9,69-47)66-21-15-34(64-10)27(4)46(67-31(8)56)29(6)43(59)28(5)42(58)25(2)13-12-14-26(3)50(63)53-41(48)45(37)61/h12-15,21,23-25,27-29,34,42-43,46,58-60,62H,11,16-20,22H2,1-10H3,(H,53,63)/b13-12+,21-15+,26-14-/t25-,27+,28+,29+,34-,42-,43+,46+,51-/m0/s1. The van der Waals surface area contributed by atoms with Gasteiger partial charge in [0.2, 0.25) is 10.9 Å². The lowest BCUT2D eigenvalue weighted by atomic mass is 9.78. The van der Waals surface area contributed by atoms with Gasteiger partial charge in [0.15, 0.2) is 22.4 Å². The number of aliphatic hydroxyl groups excluding tert-OH is 3. The topological polar surface area (TPSA) is 240 Å². The number of aliphatic hydroxyl groups is 3. The van der Waals surface area contributed by atoms with Crippen LogP contribution in [0.4, 0.5) is 11.4 Å². The molecule has 372 valence electrons. The van der Waals surface area contributed by atoms with Crippen LogP contribution in [0.1, 0.15) is 61.0 Å². The Morgan fingerprint density at radius 2 is 1.67 bits per heavy atom. The van der Waals surface area contributed by atoms with Crippen molar-refractivity contribution in [3.8, 4) is 11.5 Å². The maximum absolute atomic E-state index is 14.9. The average molecular weight is 957 g/mol. The quantitative estimate of drug-likeness (QED) is 0.0729. The fourth-order valence-corrected chi connectivity index (χ4v) is 9.63. The fraction of sp³-hybridized carbons (Fsp3) is 0.510. The number of nitrogens with zero attached hydrogens (tertiary/aromatic N) is 3. The third-order valence-corrected chi connectivity index (χ3v) is 13.9. The molecule has 1 aromatic heterocycles. The van der Waals surface area contributed by atoms with Gasteiger partial charge in [-0.1, -0.05) is 45.9 Å². The Hall–Kier alpha value is -6.05. The summed E-state index contributed by atoms with van der Waals surface area (Å²) in [6.07, 6.45) is 3.54. The fourth-order valence-electron chi connectivity index (χ4n) is 9.63. The molecule has 0 unspecified atom stereocenters. The summed E-state index contributed by atoms with van der Waals surface area (Å²) in [6, 6.07) is 3.12. The predicted molar refractivity (Wildman–Crippen MR) is 260 cm³/mol. The van der Waals surface area contributed by atoms with E-state index in [1.807, 2.05) is 6.92 Å². The van der Waals surface area contributed by atoms with Gasteiger partial charge in [-0.25, -0.2) is 4.98 Å². The number of ether oxygens (including phenoxy) is 5. The molecule has 7 rings (SSSR count). The van der Waals surface area contributed by atoms with Gasteiger partial charge in [0.1, 0.15) is 28.8 Å². The van der Waals surface area contributed by atoms with E-state index in [1.54, 1.807) is 45.9 Å². The third-order valence-electron chi connectivity index (χ3n) is 13.9. The van der Waals surface area contributed by atoms with Gasteiger partial charge < -0.3 is 58.7 Å². The van der Waals surface area contributed by atoms with Crippen LogP contribution in [0.15, 0.2) is 62.3 Å². The van der Waals surface area contributed by atoms with Gasteiger partial charge in [0.25, 0.3) is 5.91 Å². The number of esters is 1. The molecule has 4 heterocycles. The van der Waals surface area contributed by atoms with Gasteiger partial charge in [-0.2, -0.15) is 0 Å². The van der Waals surface area contributed by atoms with Crippen LogP contribution in [0.3, 0.4) is 0 Å². The van der Waals surface area contributed by atoms with E-state index in [0.29, 0.717) is 32.0 Å². The third kappa shape index (κ3) is 9.77. The number of piperazine rings is 1. The SMILES string of the molecule is CCOCCN1CCN(c2cc(=O)c3nc4c(oc3c2)c2c(=O)c3c(O)c(C)c5c(c34)=C(O)[C@@](C)(O/C=C/[C@H](OC)[C@@H](C)[C@@H](OC(C)=O)[C@H](C)[C@H](O)[C@H](C)[C@@H](O)[C@@H](C)/C=C/C=C(/C)C(=O)N2)O5)CC1. The molecule has 9 atom stereocenters. The summed E-state index contributed by atoms with van der Waals surface area (Å²) in [7, 11) is 1.44. The molecule has 18 heteroatoms. The second-order valence-corrected chi connectivity index (χ2v) is 18.6. The molecule has 69 heavy (non-hydrogen) atoms. The number of phenolic OH excluding ortho intramolecular Hbond substituents is 1. The molecule has 4 aromatic rings. The molecule has 3 aromatic carbocycles. The summed E-state index contributed by atoms with van der Waals surface area (Å²) in [5.41, 5.74) is -1.46. The minimum atomic E-state index is -1.99. The highest BCUT2D eigenvalue weighted by atomic mass is 16.7. The minimum absolute atomic E-state index is 0.0243. The summed E-state index contributed by atoms with van der Waals surface area (Å²) in [5, 5.41) is 49.3. The number of phenols is 1. The highest BCUT2D eigenvalue weighted by Crippen LogP contribution is 2.42. The predicted octanol–water partition coefficient (Wildman–Crippen LogP) is 4.72. The number of aromatic nitrogens is 1. The first-order valence-electron chi connectivity index (χ1n) is 23.4. The van der Waals surface area contributed by atoms with Crippen molar-refractivity contribution in [1.29, 1.82) is 0 Å². The number of rotatable bonds is 7. The van der Waals surface area contributed by atoms with E-state index < -0.39 is 88.1 Å².